The van der Waals surface area contributed by atoms with Crippen LogP contribution in [0.15, 0.2) is 41.8 Å². The van der Waals surface area contributed by atoms with Crippen molar-refractivity contribution in [3.63, 3.8) is 0 Å². The number of thioether (sulfide) groups is 1. The van der Waals surface area contributed by atoms with E-state index < -0.39 is 0 Å². The number of aromatic nitrogens is 2. The van der Waals surface area contributed by atoms with Crippen LogP contribution in [-0.4, -0.2) is 20.6 Å². The SMILES string of the molecule is CC(C)c1ccccc1-n1ccnc1SC1CCCCC1=O. The molecule has 1 unspecified atom stereocenters. The molecule has 3 rings (SSSR count). The van der Waals surface area contributed by atoms with Gasteiger partial charge in [-0.25, -0.2) is 4.98 Å². The fourth-order valence-corrected chi connectivity index (χ4v) is 4.14. The van der Waals surface area contributed by atoms with Gasteiger partial charge in [0.2, 0.25) is 0 Å². The van der Waals surface area contributed by atoms with Gasteiger partial charge in [0.05, 0.1) is 10.9 Å². The Hall–Kier alpha value is -1.55. The fourth-order valence-electron chi connectivity index (χ4n) is 2.96. The summed E-state index contributed by atoms with van der Waals surface area (Å²) in [4.78, 5) is 16.6. The van der Waals surface area contributed by atoms with E-state index in [9.17, 15) is 4.79 Å². The van der Waals surface area contributed by atoms with E-state index >= 15 is 0 Å². The van der Waals surface area contributed by atoms with Crippen LogP contribution in [0.1, 0.15) is 51.0 Å². The van der Waals surface area contributed by atoms with Gasteiger partial charge < -0.3 is 0 Å². The van der Waals surface area contributed by atoms with Crippen LogP contribution >= 0.6 is 11.8 Å². The third-order valence-electron chi connectivity index (χ3n) is 4.17. The molecule has 0 spiro atoms. The highest BCUT2D eigenvalue weighted by Crippen LogP contribution is 2.33. The summed E-state index contributed by atoms with van der Waals surface area (Å²) in [6.45, 7) is 4.40. The average Bonchev–Trinajstić information content (AvgIpc) is 2.97. The zero-order valence-electron chi connectivity index (χ0n) is 13.2. The number of hydrogen-bond donors (Lipinski definition) is 0. The van der Waals surface area contributed by atoms with E-state index in [0.29, 0.717) is 11.7 Å². The summed E-state index contributed by atoms with van der Waals surface area (Å²) < 4.78 is 2.13. The summed E-state index contributed by atoms with van der Waals surface area (Å²) in [5.74, 6) is 0.829. The Kier molecular flexibility index (Phi) is 4.67. The van der Waals surface area contributed by atoms with Gasteiger partial charge in [-0.2, -0.15) is 0 Å². The highest BCUT2D eigenvalue weighted by atomic mass is 32.2. The molecule has 1 aliphatic rings. The Balaban J connectivity index is 1.91. The molecule has 2 aromatic rings. The summed E-state index contributed by atoms with van der Waals surface area (Å²) >= 11 is 1.62. The van der Waals surface area contributed by atoms with Gasteiger partial charge >= 0.3 is 0 Å². The summed E-state index contributed by atoms with van der Waals surface area (Å²) in [7, 11) is 0. The van der Waals surface area contributed by atoms with Crippen molar-refractivity contribution in [1.29, 1.82) is 0 Å². The van der Waals surface area contributed by atoms with E-state index in [1.54, 1.807) is 11.8 Å². The van der Waals surface area contributed by atoms with Gasteiger partial charge in [-0.3, -0.25) is 9.36 Å². The Morgan fingerprint density at radius 2 is 2.09 bits per heavy atom. The number of imidazole rings is 1. The van der Waals surface area contributed by atoms with Crippen molar-refractivity contribution in [2.24, 2.45) is 0 Å². The Labute approximate surface area is 136 Å². The number of para-hydroxylation sites is 1. The number of ketones is 1. The van der Waals surface area contributed by atoms with Crippen molar-refractivity contribution in [3.8, 4) is 5.69 Å². The van der Waals surface area contributed by atoms with Gasteiger partial charge in [0.25, 0.3) is 0 Å². The van der Waals surface area contributed by atoms with Crippen molar-refractivity contribution in [1.82, 2.24) is 9.55 Å². The molecule has 0 amide bonds. The van der Waals surface area contributed by atoms with E-state index in [1.165, 1.54) is 11.3 Å². The highest BCUT2D eigenvalue weighted by molar-refractivity contribution is 8.00. The highest BCUT2D eigenvalue weighted by Gasteiger charge is 2.25. The van der Waals surface area contributed by atoms with Crippen LogP contribution in [-0.2, 0) is 4.79 Å². The van der Waals surface area contributed by atoms with E-state index in [4.69, 9.17) is 0 Å². The number of hydrogen-bond acceptors (Lipinski definition) is 3. The van der Waals surface area contributed by atoms with Crippen molar-refractivity contribution < 1.29 is 4.79 Å². The predicted octanol–water partition coefficient (Wildman–Crippen LogP) is 4.60. The minimum Gasteiger partial charge on any atom is -0.298 e. The lowest BCUT2D eigenvalue weighted by atomic mass is 9.99. The Morgan fingerprint density at radius 1 is 1.27 bits per heavy atom. The molecule has 0 saturated heterocycles. The van der Waals surface area contributed by atoms with E-state index in [2.05, 4.69) is 47.7 Å². The molecule has 1 saturated carbocycles. The molecule has 0 radical (unpaired) electrons. The molecule has 1 heterocycles. The smallest absolute Gasteiger partial charge is 0.173 e. The standard InChI is InChI=1S/C18H22N2OS/c1-13(2)14-7-3-4-8-15(14)20-12-11-19-18(20)22-17-10-6-5-9-16(17)21/h3-4,7-8,11-13,17H,5-6,9-10H2,1-2H3. The maximum Gasteiger partial charge on any atom is 0.173 e. The van der Waals surface area contributed by atoms with Gasteiger partial charge in [-0.15, -0.1) is 0 Å². The first-order valence-electron chi connectivity index (χ1n) is 7.99. The number of carbonyl (C=O) groups excluding carboxylic acids is 1. The van der Waals surface area contributed by atoms with Gasteiger partial charge in [-0.1, -0.05) is 50.2 Å². The summed E-state index contributed by atoms with van der Waals surface area (Å²) in [6.07, 6.45) is 7.71. The van der Waals surface area contributed by atoms with Crippen LogP contribution in [0.5, 0.6) is 0 Å². The largest absolute Gasteiger partial charge is 0.298 e. The van der Waals surface area contributed by atoms with Gasteiger partial charge in [0.1, 0.15) is 5.78 Å². The lowest BCUT2D eigenvalue weighted by Crippen LogP contribution is -2.21. The minimum absolute atomic E-state index is 0.0705. The molecule has 1 fully saturated rings. The maximum atomic E-state index is 12.1. The molecule has 0 N–H and O–H groups in total. The van der Waals surface area contributed by atoms with Crippen LogP contribution in [0.3, 0.4) is 0 Å². The lowest BCUT2D eigenvalue weighted by molar-refractivity contribution is -0.119. The average molecular weight is 314 g/mol. The second-order valence-electron chi connectivity index (χ2n) is 6.11. The number of carbonyl (C=O) groups is 1. The van der Waals surface area contributed by atoms with Gasteiger partial charge in [0, 0.05) is 18.8 Å². The molecule has 1 aliphatic carbocycles. The zero-order valence-corrected chi connectivity index (χ0v) is 14.0. The number of benzene rings is 1. The first-order chi connectivity index (χ1) is 10.7. The predicted molar refractivity (Wildman–Crippen MR) is 90.8 cm³/mol. The molecule has 22 heavy (non-hydrogen) atoms. The third kappa shape index (κ3) is 3.12. The molecule has 4 heteroatoms. The van der Waals surface area contributed by atoms with E-state index in [-0.39, 0.29) is 5.25 Å². The number of rotatable bonds is 4. The van der Waals surface area contributed by atoms with Crippen molar-refractivity contribution >= 4 is 17.5 Å². The normalized spacial score (nSPS) is 18.9. The summed E-state index contributed by atoms with van der Waals surface area (Å²) in [6, 6.07) is 8.43. The molecule has 116 valence electrons. The van der Waals surface area contributed by atoms with Crippen LogP contribution < -0.4 is 0 Å². The maximum absolute atomic E-state index is 12.1. The molecular weight excluding hydrogens is 292 g/mol. The topological polar surface area (TPSA) is 34.9 Å². The Morgan fingerprint density at radius 3 is 2.86 bits per heavy atom. The minimum atomic E-state index is 0.0705. The van der Waals surface area contributed by atoms with Crippen LogP contribution in [0.4, 0.5) is 0 Å². The molecule has 1 aromatic carbocycles. The molecule has 1 aromatic heterocycles. The van der Waals surface area contributed by atoms with E-state index in [1.807, 2.05) is 12.4 Å². The van der Waals surface area contributed by atoms with Crippen LogP contribution in [0.2, 0.25) is 0 Å². The van der Waals surface area contributed by atoms with Crippen molar-refractivity contribution in [3.05, 3.63) is 42.2 Å². The monoisotopic (exact) mass is 314 g/mol. The van der Waals surface area contributed by atoms with Gasteiger partial charge in [-0.05, 0) is 30.4 Å². The number of nitrogens with zero attached hydrogens (tertiary/aromatic N) is 2. The lowest BCUT2D eigenvalue weighted by Gasteiger charge is -2.21. The van der Waals surface area contributed by atoms with Crippen LogP contribution in [0, 0.1) is 0 Å². The second-order valence-corrected chi connectivity index (χ2v) is 7.28. The van der Waals surface area contributed by atoms with Crippen LogP contribution in [0.25, 0.3) is 5.69 Å². The zero-order chi connectivity index (χ0) is 15.5. The number of Topliss-reactive ketones (excluding diaryl/α,β-unsaturated/α-hetero) is 1. The molecule has 0 bridgehead atoms. The quantitative estimate of drug-likeness (QED) is 0.827. The fraction of sp³-hybridized carbons (Fsp3) is 0.444. The second kappa shape index (κ2) is 6.69. The summed E-state index contributed by atoms with van der Waals surface area (Å²) in [5.41, 5.74) is 2.47. The third-order valence-corrected chi connectivity index (χ3v) is 5.47. The first-order valence-corrected chi connectivity index (χ1v) is 8.87. The molecule has 3 nitrogen and oxygen atoms in total. The van der Waals surface area contributed by atoms with Crippen molar-refractivity contribution in [2.45, 2.75) is 55.9 Å². The van der Waals surface area contributed by atoms with Crippen molar-refractivity contribution in [2.75, 3.05) is 0 Å². The molecule has 0 aliphatic heterocycles. The summed E-state index contributed by atoms with van der Waals surface area (Å²) in [5, 5.41) is 0.995. The molecular formula is C18H22N2OS. The Bertz CT molecular complexity index is 663. The first kappa shape index (κ1) is 15.3. The molecule has 1 atom stereocenters. The van der Waals surface area contributed by atoms with E-state index in [0.717, 1.165) is 30.8 Å². The van der Waals surface area contributed by atoms with Gasteiger partial charge in [0.15, 0.2) is 5.16 Å².